The third-order valence-corrected chi connectivity index (χ3v) is 3.37. The smallest absolute Gasteiger partial charge is 0.281 e. The summed E-state index contributed by atoms with van der Waals surface area (Å²) in [7, 11) is 0. The standard InChI is InChI=1S/C15H13F3N2O2/c1-8-12(17)14(13(18)9(2)15(8)20(21)22)19-7-10-3-5-11(16)6-4-10/h3-6,19H,7H2,1-2H3. The zero-order valence-corrected chi connectivity index (χ0v) is 11.9. The molecule has 1 N–H and O–H groups in total. The molecule has 0 heterocycles. The van der Waals surface area contributed by atoms with E-state index in [9.17, 15) is 23.3 Å². The summed E-state index contributed by atoms with van der Waals surface area (Å²) in [5, 5.41) is 13.5. The van der Waals surface area contributed by atoms with E-state index in [1.807, 2.05) is 0 Å². The molecule has 2 rings (SSSR count). The summed E-state index contributed by atoms with van der Waals surface area (Å²) in [6.45, 7) is 2.51. The van der Waals surface area contributed by atoms with Crippen LogP contribution in [0.5, 0.6) is 0 Å². The molecule has 0 radical (unpaired) electrons. The summed E-state index contributed by atoms with van der Waals surface area (Å²) in [5.41, 5.74) is -0.836. The molecule has 0 bridgehead atoms. The number of nitro groups is 1. The van der Waals surface area contributed by atoms with E-state index in [4.69, 9.17) is 0 Å². The quantitative estimate of drug-likeness (QED) is 0.679. The molecule has 0 fully saturated rings. The fourth-order valence-corrected chi connectivity index (χ4v) is 2.18. The van der Waals surface area contributed by atoms with Gasteiger partial charge in [0, 0.05) is 6.54 Å². The number of hydrogen-bond acceptors (Lipinski definition) is 3. The van der Waals surface area contributed by atoms with Gasteiger partial charge in [-0.25, -0.2) is 13.2 Å². The highest BCUT2D eigenvalue weighted by molar-refractivity contribution is 5.61. The molecule has 4 nitrogen and oxygen atoms in total. The molecule has 2 aromatic carbocycles. The number of nitro benzene ring substituents is 1. The lowest BCUT2D eigenvalue weighted by molar-refractivity contribution is -0.386. The second kappa shape index (κ2) is 6.05. The highest BCUT2D eigenvalue weighted by Crippen LogP contribution is 2.34. The average Bonchev–Trinajstić information content (AvgIpc) is 2.47. The van der Waals surface area contributed by atoms with Crippen LogP contribution in [0.1, 0.15) is 16.7 Å². The molecule has 0 atom stereocenters. The first-order chi connectivity index (χ1) is 10.3. The number of anilines is 1. The summed E-state index contributed by atoms with van der Waals surface area (Å²) in [6, 6.07) is 5.42. The predicted octanol–water partition coefficient (Wildman–Crippen LogP) is 4.24. The van der Waals surface area contributed by atoms with Crippen molar-refractivity contribution >= 4 is 11.4 Å². The minimum Gasteiger partial charge on any atom is -0.376 e. The van der Waals surface area contributed by atoms with E-state index in [1.54, 1.807) is 0 Å². The number of hydrogen-bond donors (Lipinski definition) is 1. The molecule has 0 aliphatic heterocycles. The average molecular weight is 310 g/mol. The van der Waals surface area contributed by atoms with Crippen molar-refractivity contribution in [3.63, 3.8) is 0 Å². The Labute approximate surface area is 124 Å². The van der Waals surface area contributed by atoms with E-state index >= 15 is 0 Å². The molecular weight excluding hydrogens is 297 g/mol. The summed E-state index contributed by atoms with van der Waals surface area (Å²) >= 11 is 0. The van der Waals surface area contributed by atoms with Gasteiger partial charge in [-0.2, -0.15) is 0 Å². The van der Waals surface area contributed by atoms with E-state index in [0.29, 0.717) is 5.56 Å². The number of nitrogens with zero attached hydrogens (tertiary/aromatic N) is 1. The predicted molar refractivity (Wildman–Crippen MR) is 76.2 cm³/mol. The van der Waals surface area contributed by atoms with Gasteiger partial charge in [-0.05, 0) is 31.5 Å². The van der Waals surface area contributed by atoms with Crippen molar-refractivity contribution in [2.45, 2.75) is 20.4 Å². The Morgan fingerprint density at radius 3 is 2.00 bits per heavy atom. The summed E-state index contributed by atoms with van der Waals surface area (Å²) < 4.78 is 41.1. The fraction of sp³-hybridized carbons (Fsp3) is 0.200. The minimum absolute atomic E-state index is 0.0603. The second-order valence-corrected chi connectivity index (χ2v) is 4.84. The largest absolute Gasteiger partial charge is 0.376 e. The van der Waals surface area contributed by atoms with Crippen molar-refractivity contribution in [2.24, 2.45) is 0 Å². The molecule has 0 aliphatic rings. The maximum absolute atomic E-state index is 14.2. The third kappa shape index (κ3) is 2.88. The Hall–Kier alpha value is -2.57. The Morgan fingerprint density at radius 1 is 1.05 bits per heavy atom. The van der Waals surface area contributed by atoms with Crippen LogP contribution in [0.15, 0.2) is 24.3 Å². The molecule has 22 heavy (non-hydrogen) atoms. The lowest BCUT2D eigenvalue weighted by atomic mass is 10.1. The van der Waals surface area contributed by atoms with Gasteiger partial charge in [-0.1, -0.05) is 12.1 Å². The number of benzene rings is 2. The van der Waals surface area contributed by atoms with Crippen LogP contribution in [-0.2, 0) is 6.54 Å². The Balaban J connectivity index is 2.35. The maximum Gasteiger partial charge on any atom is 0.281 e. The molecule has 0 unspecified atom stereocenters. The van der Waals surface area contributed by atoms with Crippen LogP contribution in [0, 0.1) is 41.4 Å². The van der Waals surface area contributed by atoms with Crippen LogP contribution in [0.25, 0.3) is 0 Å². The third-order valence-electron chi connectivity index (χ3n) is 3.37. The molecule has 0 saturated heterocycles. The lowest BCUT2D eigenvalue weighted by Crippen LogP contribution is -2.09. The van der Waals surface area contributed by atoms with Crippen LogP contribution in [0.3, 0.4) is 0 Å². The highest BCUT2D eigenvalue weighted by atomic mass is 19.1. The van der Waals surface area contributed by atoms with Crippen molar-refractivity contribution in [3.8, 4) is 0 Å². The van der Waals surface area contributed by atoms with Crippen LogP contribution in [0.2, 0.25) is 0 Å². The Morgan fingerprint density at radius 2 is 1.55 bits per heavy atom. The topological polar surface area (TPSA) is 55.2 Å². The molecule has 2 aromatic rings. The summed E-state index contributed by atoms with van der Waals surface area (Å²) in [5.74, 6) is -2.42. The molecule has 7 heteroatoms. The first kappa shape index (κ1) is 15.8. The van der Waals surface area contributed by atoms with Gasteiger partial charge in [0.15, 0.2) is 11.6 Å². The van der Waals surface area contributed by atoms with Gasteiger partial charge in [0.05, 0.1) is 16.1 Å². The fourth-order valence-electron chi connectivity index (χ4n) is 2.18. The number of halogens is 3. The molecule has 116 valence electrons. The first-order valence-corrected chi connectivity index (χ1v) is 6.43. The van der Waals surface area contributed by atoms with Gasteiger partial charge in [0.1, 0.15) is 11.5 Å². The van der Waals surface area contributed by atoms with Crippen molar-refractivity contribution in [1.29, 1.82) is 0 Å². The first-order valence-electron chi connectivity index (χ1n) is 6.43. The van der Waals surface area contributed by atoms with E-state index in [0.717, 1.165) is 0 Å². The highest BCUT2D eigenvalue weighted by Gasteiger charge is 2.26. The summed E-state index contributed by atoms with van der Waals surface area (Å²) in [4.78, 5) is 10.1. The second-order valence-electron chi connectivity index (χ2n) is 4.84. The molecule has 0 saturated carbocycles. The van der Waals surface area contributed by atoms with Crippen LogP contribution in [0.4, 0.5) is 24.5 Å². The zero-order valence-electron chi connectivity index (χ0n) is 11.9. The van der Waals surface area contributed by atoms with Crippen LogP contribution < -0.4 is 5.32 Å². The van der Waals surface area contributed by atoms with Crippen molar-refractivity contribution in [3.05, 3.63) is 68.5 Å². The Kier molecular flexibility index (Phi) is 4.35. The number of nitrogens with one attached hydrogen (secondary N) is 1. The minimum atomic E-state index is -1.00. The molecular formula is C15H13F3N2O2. The van der Waals surface area contributed by atoms with Crippen LogP contribution in [-0.4, -0.2) is 4.92 Å². The van der Waals surface area contributed by atoms with Crippen molar-refractivity contribution < 1.29 is 18.1 Å². The number of rotatable bonds is 4. The van der Waals surface area contributed by atoms with Gasteiger partial charge < -0.3 is 5.32 Å². The van der Waals surface area contributed by atoms with E-state index < -0.39 is 33.7 Å². The van der Waals surface area contributed by atoms with Gasteiger partial charge in [0.2, 0.25) is 0 Å². The maximum atomic E-state index is 14.2. The van der Waals surface area contributed by atoms with E-state index in [-0.39, 0.29) is 17.7 Å². The summed E-state index contributed by atoms with van der Waals surface area (Å²) in [6.07, 6.45) is 0. The van der Waals surface area contributed by atoms with Crippen LogP contribution >= 0.6 is 0 Å². The van der Waals surface area contributed by atoms with Gasteiger partial charge >= 0.3 is 0 Å². The molecule has 0 aliphatic carbocycles. The monoisotopic (exact) mass is 310 g/mol. The normalized spacial score (nSPS) is 10.6. The van der Waals surface area contributed by atoms with E-state index in [2.05, 4.69) is 5.32 Å². The van der Waals surface area contributed by atoms with Crippen molar-refractivity contribution in [2.75, 3.05) is 5.32 Å². The molecule has 0 aromatic heterocycles. The van der Waals surface area contributed by atoms with Crippen molar-refractivity contribution in [1.82, 2.24) is 0 Å². The molecule has 0 spiro atoms. The van der Waals surface area contributed by atoms with E-state index in [1.165, 1.54) is 38.1 Å². The lowest BCUT2D eigenvalue weighted by Gasteiger charge is -2.13. The van der Waals surface area contributed by atoms with Gasteiger partial charge in [-0.15, -0.1) is 0 Å². The van der Waals surface area contributed by atoms with Gasteiger partial charge in [0.25, 0.3) is 5.69 Å². The zero-order chi connectivity index (χ0) is 16.4. The Bertz CT molecular complexity index is 702. The molecule has 0 amide bonds. The van der Waals surface area contributed by atoms with Gasteiger partial charge in [-0.3, -0.25) is 10.1 Å². The SMILES string of the molecule is Cc1c(F)c(NCc2ccc(F)cc2)c(F)c(C)c1[N+](=O)[O-].